The summed E-state index contributed by atoms with van der Waals surface area (Å²) in [5, 5.41) is 0. The molecule has 0 aliphatic carbocycles. The highest BCUT2D eigenvalue weighted by molar-refractivity contribution is 9.39. The Labute approximate surface area is 256 Å². The van der Waals surface area contributed by atoms with E-state index >= 15 is 0 Å². The molecule has 9 nitrogen and oxygen atoms in total. The number of para-hydroxylation sites is 1. The van der Waals surface area contributed by atoms with Crippen LogP contribution in [0.25, 0.3) is 0 Å². The quantitative estimate of drug-likeness (QED) is 0.254. The monoisotopic (exact) mass is 702 g/mol. The van der Waals surface area contributed by atoms with Gasteiger partial charge in [0.2, 0.25) is 10.0 Å². The molecule has 1 atom stereocenters. The molecule has 214 valence electrons. The standard InChI is InChI=1S/C29H28Br2N4O5S/c1-18-12-14-21(15-13-18)41(38,39)34-26-27(37)35(17-24(36)40-29(2,3)4)23-11-6-5-10-22(23)25(33-26)19-8-7-9-20(16-19)32-28(30)31/h5-16,26,34H,17H2,1-4H3. The average molecular weight is 704 g/mol. The summed E-state index contributed by atoms with van der Waals surface area (Å²) in [6.45, 7) is 6.57. The van der Waals surface area contributed by atoms with Gasteiger partial charge in [-0.3, -0.25) is 19.5 Å². The van der Waals surface area contributed by atoms with Crippen LogP contribution >= 0.6 is 31.9 Å². The molecule has 3 aromatic carbocycles. The minimum absolute atomic E-state index is 0.0217. The Bertz CT molecular complexity index is 1640. The van der Waals surface area contributed by atoms with Crippen molar-refractivity contribution in [1.29, 1.82) is 0 Å². The normalized spacial score (nSPS) is 15.5. The molecule has 3 aromatic rings. The lowest BCUT2D eigenvalue weighted by Crippen LogP contribution is -2.49. The van der Waals surface area contributed by atoms with Gasteiger partial charge in [0.15, 0.2) is 6.17 Å². The summed E-state index contributed by atoms with van der Waals surface area (Å²) in [5.41, 5.74) is 2.53. The van der Waals surface area contributed by atoms with Gasteiger partial charge in [-0.2, -0.15) is 4.72 Å². The number of amides is 1. The van der Waals surface area contributed by atoms with E-state index in [1.165, 1.54) is 17.0 Å². The highest BCUT2D eigenvalue weighted by Gasteiger charge is 2.36. The first kappa shape index (κ1) is 30.8. The Hall–Kier alpha value is -3.19. The van der Waals surface area contributed by atoms with E-state index in [9.17, 15) is 18.0 Å². The average Bonchev–Trinajstić information content (AvgIpc) is 2.98. The predicted molar refractivity (Wildman–Crippen MR) is 167 cm³/mol. The zero-order chi connectivity index (χ0) is 29.9. The number of rotatable bonds is 7. The van der Waals surface area contributed by atoms with Gasteiger partial charge in [0.25, 0.3) is 5.91 Å². The molecular weight excluding hydrogens is 676 g/mol. The largest absolute Gasteiger partial charge is 0.459 e. The van der Waals surface area contributed by atoms with Gasteiger partial charge in [0, 0.05) is 11.1 Å². The number of nitrogens with zero attached hydrogens (tertiary/aromatic N) is 3. The number of aryl methyl sites for hydroxylation is 1. The number of nitrogens with one attached hydrogen (secondary N) is 1. The summed E-state index contributed by atoms with van der Waals surface area (Å²) in [4.78, 5) is 37.1. The van der Waals surface area contributed by atoms with Crippen molar-refractivity contribution in [3.8, 4) is 0 Å². The molecule has 1 heterocycles. The van der Waals surface area contributed by atoms with Gasteiger partial charge < -0.3 is 4.74 Å². The molecule has 0 radical (unpaired) electrons. The molecule has 0 spiro atoms. The van der Waals surface area contributed by atoms with Crippen LogP contribution in [0, 0.1) is 6.92 Å². The number of halogens is 2. The van der Waals surface area contributed by atoms with E-state index < -0.39 is 40.2 Å². The maximum Gasteiger partial charge on any atom is 0.326 e. The SMILES string of the molecule is Cc1ccc(S(=O)(=O)NC2N=C(c3cccc(N=C(Br)Br)c3)c3ccccc3N(CC(=O)OC(C)(C)C)C2=O)cc1. The van der Waals surface area contributed by atoms with Crippen molar-refractivity contribution in [2.45, 2.75) is 44.4 Å². The maximum absolute atomic E-state index is 14.0. The summed E-state index contributed by atoms with van der Waals surface area (Å²) < 4.78 is 35.2. The van der Waals surface area contributed by atoms with Crippen LogP contribution in [0.4, 0.5) is 11.4 Å². The first-order chi connectivity index (χ1) is 19.2. The van der Waals surface area contributed by atoms with Crippen LogP contribution < -0.4 is 9.62 Å². The number of carbonyl (C=O) groups is 2. The molecule has 41 heavy (non-hydrogen) atoms. The molecule has 1 aliphatic heterocycles. The molecule has 4 rings (SSSR count). The molecule has 0 fully saturated rings. The number of sulfonamides is 1. The number of esters is 1. The van der Waals surface area contributed by atoms with E-state index in [1.807, 2.05) is 6.92 Å². The first-order valence-electron chi connectivity index (χ1n) is 12.5. The predicted octanol–water partition coefficient (Wildman–Crippen LogP) is 5.60. The van der Waals surface area contributed by atoms with Crippen LogP contribution in [-0.4, -0.2) is 47.8 Å². The van der Waals surface area contributed by atoms with Crippen molar-refractivity contribution in [3.63, 3.8) is 0 Å². The van der Waals surface area contributed by atoms with Crippen LogP contribution in [0.1, 0.15) is 37.5 Å². The Kier molecular flexibility index (Phi) is 9.27. The van der Waals surface area contributed by atoms with Crippen LogP contribution in [0.3, 0.4) is 0 Å². The van der Waals surface area contributed by atoms with Crippen molar-refractivity contribution in [2.24, 2.45) is 9.98 Å². The molecule has 12 heteroatoms. The zero-order valence-corrected chi connectivity index (χ0v) is 26.7. The Morgan fingerprint density at radius 2 is 1.73 bits per heavy atom. The number of benzodiazepines with no additional fused rings is 1. The third-order valence-electron chi connectivity index (χ3n) is 5.85. The minimum Gasteiger partial charge on any atom is -0.459 e. The van der Waals surface area contributed by atoms with Crippen LogP contribution in [0.5, 0.6) is 0 Å². The van der Waals surface area contributed by atoms with E-state index in [0.717, 1.165) is 5.56 Å². The van der Waals surface area contributed by atoms with E-state index in [0.29, 0.717) is 31.7 Å². The Balaban J connectivity index is 1.87. The van der Waals surface area contributed by atoms with Gasteiger partial charge in [-0.25, -0.2) is 13.4 Å². The molecule has 0 saturated carbocycles. The number of hydrogen-bond donors (Lipinski definition) is 1. The summed E-state index contributed by atoms with van der Waals surface area (Å²) in [6, 6.07) is 20.3. The molecule has 1 aliphatic rings. The lowest BCUT2D eigenvalue weighted by molar-refractivity contribution is -0.153. The van der Waals surface area contributed by atoms with Gasteiger partial charge in [-0.05, 0) is 89.9 Å². The number of anilines is 1. The van der Waals surface area contributed by atoms with Gasteiger partial charge >= 0.3 is 5.97 Å². The smallest absolute Gasteiger partial charge is 0.326 e. The molecule has 0 saturated heterocycles. The number of ether oxygens (including phenoxy) is 1. The van der Waals surface area contributed by atoms with Crippen molar-refractivity contribution < 1.29 is 22.7 Å². The fourth-order valence-corrected chi connectivity index (χ4v) is 5.64. The van der Waals surface area contributed by atoms with Gasteiger partial charge in [-0.15, -0.1) is 0 Å². The number of aliphatic imine (C=N–C) groups is 2. The fourth-order valence-electron chi connectivity index (χ4n) is 4.15. The van der Waals surface area contributed by atoms with Gasteiger partial charge in [0.05, 0.1) is 22.0 Å². The van der Waals surface area contributed by atoms with Crippen LogP contribution in [0.2, 0.25) is 0 Å². The number of hydrogen-bond acceptors (Lipinski definition) is 7. The minimum atomic E-state index is -4.18. The highest BCUT2D eigenvalue weighted by atomic mass is 79.9. The molecule has 1 unspecified atom stereocenters. The third-order valence-corrected chi connectivity index (χ3v) is 7.63. The van der Waals surface area contributed by atoms with Crippen molar-refractivity contribution in [1.82, 2.24) is 4.72 Å². The lowest BCUT2D eigenvalue weighted by Gasteiger charge is -2.27. The lowest BCUT2D eigenvalue weighted by atomic mass is 9.99. The fraction of sp³-hybridized carbons (Fsp3) is 0.241. The maximum atomic E-state index is 14.0. The van der Waals surface area contributed by atoms with E-state index in [4.69, 9.17) is 4.74 Å². The molecule has 1 amide bonds. The Morgan fingerprint density at radius 3 is 2.39 bits per heavy atom. The van der Waals surface area contributed by atoms with E-state index in [-0.39, 0.29) is 4.90 Å². The molecular formula is C29H28Br2N4O5S. The highest BCUT2D eigenvalue weighted by Crippen LogP contribution is 2.30. The van der Waals surface area contributed by atoms with Crippen LogP contribution in [-0.2, 0) is 24.3 Å². The van der Waals surface area contributed by atoms with Gasteiger partial charge in [0.1, 0.15) is 15.7 Å². The van der Waals surface area contributed by atoms with Gasteiger partial charge in [-0.1, -0.05) is 48.0 Å². The van der Waals surface area contributed by atoms with Crippen molar-refractivity contribution in [2.75, 3.05) is 11.4 Å². The molecule has 1 N–H and O–H groups in total. The second-order valence-corrected chi connectivity index (χ2v) is 14.5. The Morgan fingerprint density at radius 1 is 1.05 bits per heavy atom. The summed E-state index contributed by atoms with van der Waals surface area (Å²) >= 11 is 6.53. The van der Waals surface area contributed by atoms with E-state index in [2.05, 4.69) is 46.6 Å². The second kappa shape index (κ2) is 12.4. The number of carbonyl (C=O) groups excluding carboxylic acids is 2. The van der Waals surface area contributed by atoms with Crippen LogP contribution in [0.15, 0.2) is 87.7 Å². The number of fused-ring (bicyclic) bond motifs is 1. The zero-order valence-electron chi connectivity index (χ0n) is 22.8. The van der Waals surface area contributed by atoms with Crippen molar-refractivity contribution >= 4 is 74.4 Å². The topological polar surface area (TPSA) is 118 Å². The second-order valence-electron chi connectivity index (χ2n) is 10.2. The summed E-state index contributed by atoms with van der Waals surface area (Å²) in [7, 11) is -4.18. The molecule has 0 bridgehead atoms. The summed E-state index contributed by atoms with van der Waals surface area (Å²) in [5.74, 6) is -1.38. The van der Waals surface area contributed by atoms with Crippen molar-refractivity contribution in [3.05, 3.63) is 89.5 Å². The third kappa shape index (κ3) is 7.76. The first-order valence-corrected chi connectivity index (χ1v) is 15.6. The number of benzene rings is 3. The molecule has 0 aromatic heterocycles. The van der Waals surface area contributed by atoms with E-state index in [1.54, 1.807) is 81.4 Å². The summed E-state index contributed by atoms with van der Waals surface area (Å²) in [6.07, 6.45) is -1.58.